The third-order valence-electron chi connectivity index (χ3n) is 0.463. The Morgan fingerprint density at radius 1 is 0.778 bits per heavy atom. The molecule has 0 aromatic carbocycles. The molecule has 0 atom stereocenters. The zero-order valence-electron chi connectivity index (χ0n) is 6.38. The van der Waals surface area contributed by atoms with E-state index >= 15 is 0 Å². The third-order valence-corrected chi connectivity index (χ3v) is 0.463. The molecule has 3 nitrogen and oxygen atoms in total. The molecule has 0 aromatic rings. The maximum atomic E-state index is 4.63. The Hall–Kier alpha value is -0.120. The number of rotatable bonds is 4. The summed E-state index contributed by atoms with van der Waals surface area (Å²) in [5.41, 5.74) is 0. The first kappa shape index (κ1) is 8.88. The van der Waals surface area contributed by atoms with Crippen LogP contribution < -0.4 is 0 Å². The van der Waals surface area contributed by atoms with E-state index in [1.807, 2.05) is 27.7 Å². The lowest BCUT2D eigenvalue weighted by Gasteiger charge is -2.06. The van der Waals surface area contributed by atoms with Crippen LogP contribution in [0, 0.1) is 0 Å². The van der Waals surface area contributed by atoms with E-state index in [1.54, 1.807) is 0 Å². The Labute approximate surface area is 55.8 Å². The minimum Gasteiger partial charge on any atom is -0.203 e. The molecule has 0 saturated carbocycles. The summed E-state index contributed by atoms with van der Waals surface area (Å²) in [7, 11) is 0. The van der Waals surface area contributed by atoms with Gasteiger partial charge >= 0.3 is 0 Å². The van der Waals surface area contributed by atoms with Crippen LogP contribution in [0.1, 0.15) is 27.7 Å². The van der Waals surface area contributed by atoms with Crippen LogP contribution in [0.5, 0.6) is 0 Å². The molecule has 3 heteroatoms. The van der Waals surface area contributed by atoms with Crippen molar-refractivity contribution in [3.05, 3.63) is 0 Å². The summed E-state index contributed by atoms with van der Waals surface area (Å²) >= 11 is 0. The lowest BCUT2D eigenvalue weighted by molar-refractivity contribution is -0.533. The van der Waals surface area contributed by atoms with Gasteiger partial charge in [0.1, 0.15) is 0 Å². The molecular formula is C6H14O3. The number of hydrogen-bond donors (Lipinski definition) is 0. The summed E-state index contributed by atoms with van der Waals surface area (Å²) in [6.45, 7) is 7.46. The second-order valence-corrected chi connectivity index (χ2v) is 2.36. The largest absolute Gasteiger partial charge is 0.203 e. The van der Waals surface area contributed by atoms with Crippen LogP contribution in [0.4, 0.5) is 0 Å². The summed E-state index contributed by atoms with van der Waals surface area (Å²) in [5, 5.41) is 4.36. The van der Waals surface area contributed by atoms with Gasteiger partial charge in [0.2, 0.25) is 0 Å². The van der Waals surface area contributed by atoms with Crippen molar-refractivity contribution in [1.29, 1.82) is 0 Å². The molecule has 0 amide bonds. The van der Waals surface area contributed by atoms with E-state index in [2.05, 4.69) is 14.8 Å². The molecule has 0 heterocycles. The van der Waals surface area contributed by atoms with Gasteiger partial charge in [-0.1, -0.05) is 5.04 Å². The van der Waals surface area contributed by atoms with E-state index in [0.717, 1.165) is 0 Å². The van der Waals surface area contributed by atoms with Crippen molar-refractivity contribution in [2.45, 2.75) is 39.9 Å². The van der Waals surface area contributed by atoms with Crippen molar-refractivity contribution in [2.24, 2.45) is 0 Å². The SMILES string of the molecule is CC(C)OOOC(C)C. The fraction of sp³-hybridized carbons (Fsp3) is 1.00. The Morgan fingerprint density at radius 2 is 1.11 bits per heavy atom. The molecule has 0 radical (unpaired) electrons. The van der Waals surface area contributed by atoms with Gasteiger partial charge in [-0.2, -0.15) is 0 Å². The van der Waals surface area contributed by atoms with Gasteiger partial charge in [0.25, 0.3) is 0 Å². The van der Waals surface area contributed by atoms with Crippen molar-refractivity contribution in [2.75, 3.05) is 0 Å². The smallest absolute Gasteiger partial charge is 0.0905 e. The molecule has 0 rings (SSSR count). The maximum Gasteiger partial charge on any atom is 0.0905 e. The first-order valence-electron chi connectivity index (χ1n) is 3.11. The van der Waals surface area contributed by atoms with Crippen molar-refractivity contribution in [1.82, 2.24) is 0 Å². The molecule has 56 valence electrons. The van der Waals surface area contributed by atoms with Crippen molar-refractivity contribution in [3.8, 4) is 0 Å². The van der Waals surface area contributed by atoms with Gasteiger partial charge in [-0.05, 0) is 27.7 Å². The molecule has 9 heavy (non-hydrogen) atoms. The highest BCUT2D eigenvalue weighted by Crippen LogP contribution is 1.93. The molecule has 0 aromatic heterocycles. The zero-order chi connectivity index (χ0) is 7.28. The molecule has 0 aliphatic heterocycles. The fourth-order valence-corrected chi connectivity index (χ4v) is 0.180. The molecule has 0 saturated heterocycles. The van der Waals surface area contributed by atoms with E-state index in [0.29, 0.717) is 0 Å². The monoisotopic (exact) mass is 134 g/mol. The minimum absolute atomic E-state index is 0.0451. The summed E-state index contributed by atoms with van der Waals surface area (Å²) in [6, 6.07) is 0. The average molecular weight is 134 g/mol. The molecule has 0 bridgehead atoms. The summed E-state index contributed by atoms with van der Waals surface area (Å²) in [5.74, 6) is 0. The van der Waals surface area contributed by atoms with E-state index in [1.165, 1.54) is 0 Å². The summed E-state index contributed by atoms with van der Waals surface area (Å²) < 4.78 is 0. The number of hydrogen-bond acceptors (Lipinski definition) is 3. The van der Waals surface area contributed by atoms with Crippen LogP contribution in [0.15, 0.2) is 0 Å². The highest BCUT2D eigenvalue weighted by molar-refractivity contribution is 4.27. The lowest BCUT2D eigenvalue weighted by atomic mass is 10.5. The summed E-state index contributed by atoms with van der Waals surface area (Å²) in [6.07, 6.45) is 0.0903. The van der Waals surface area contributed by atoms with Gasteiger partial charge in [0, 0.05) is 0 Å². The van der Waals surface area contributed by atoms with Gasteiger partial charge in [0.15, 0.2) is 0 Å². The van der Waals surface area contributed by atoms with Gasteiger partial charge < -0.3 is 0 Å². The van der Waals surface area contributed by atoms with Gasteiger partial charge in [-0.15, -0.1) is 0 Å². The van der Waals surface area contributed by atoms with Crippen LogP contribution in [0.3, 0.4) is 0 Å². The van der Waals surface area contributed by atoms with Crippen molar-refractivity contribution >= 4 is 0 Å². The minimum atomic E-state index is 0.0451. The summed E-state index contributed by atoms with van der Waals surface area (Å²) in [4.78, 5) is 9.26. The first-order chi connectivity index (χ1) is 4.13. The standard InChI is InChI=1S/C6H14O3/c1-5(2)7-9-8-6(3)4/h5-6H,1-4H3. The molecule has 0 N–H and O–H groups in total. The highest BCUT2D eigenvalue weighted by Gasteiger charge is 1.96. The van der Waals surface area contributed by atoms with Crippen LogP contribution in [-0.4, -0.2) is 12.2 Å². The Kier molecular flexibility index (Phi) is 4.67. The predicted octanol–water partition coefficient (Wildman–Crippen LogP) is 1.68. The van der Waals surface area contributed by atoms with Crippen molar-refractivity contribution in [3.63, 3.8) is 0 Å². The zero-order valence-corrected chi connectivity index (χ0v) is 6.38. The maximum absolute atomic E-state index is 4.63. The van der Waals surface area contributed by atoms with E-state index in [-0.39, 0.29) is 12.2 Å². The molecule has 0 aliphatic rings. The lowest BCUT2D eigenvalue weighted by Crippen LogP contribution is -2.08. The topological polar surface area (TPSA) is 27.7 Å². The second kappa shape index (κ2) is 4.73. The molecule has 0 spiro atoms. The van der Waals surface area contributed by atoms with Crippen LogP contribution in [0.25, 0.3) is 0 Å². The predicted molar refractivity (Wildman–Crippen MR) is 33.5 cm³/mol. The molecular weight excluding hydrogens is 120 g/mol. The highest BCUT2D eigenvalue weighted by atomic mass is 17.5. The van der Waals surface area contributed by atoms with Crippen LogP contribution in [-0.2, 0) is 14.8 Å². The van der Waals surface area contributed by atoms with Crippen molar-refractivity contribution < 1.29 is 14.8 Å². The first-order valence-corrected chi connectivity index (χ1v) is 3.11. The van der Waals surface area contributed by atoms with Crippen LogP contribution >= 0.6 is 0 Å². The molecule has 0 aliphatic carbocycles. The Morgan fingerprint density at radius 3 is 1.33 bits per heavy atom. The van der Waals surface area contributed by atoms with E-state index < -0.39 is 0 Å². The van der Waals surface area contributed by atoms with E-state index in [9.17, 15) is 0 Å². The molecule has 0 fully saturated rings. The third kappa shape index (κ3) is 7.88. The second-order valence-electron chi connectivity index (χ2n) is 2.36. The quantitative estimate of drug-likeness (QED) is 0.432. The normalized spacial score (nSPS) is 11.3. The van der Waals surface area contributed by atoms with Gasteiger partial charge in [-0.3, -0.25) is 0 Å². The van der Waals surface area contributed by atoms with Gasteiger partial charge in [-0.25, -0.2) is 9.78 Å². The van der Waals surface area contributed by atoms with Gasteiger partial charge in [0.05, 0.1) is 12.2 Å². The fourth-order valence-electron chi connectivity index (χ4n) is 0.180. The van der Waals surface area contributed by atoms with E-state index in [4.69, 9.17) is 0 Å². The average Bonchev–Trinajstić information content (AvgIpc) is 1.63. The Bertz CT molecular complexity index is 53.3. The molecule has 0 unspecified atom stereocenters. The Balaban J connectivity index is 2.91. The van der Waals surface area contributed by atoms with Crippen LogP contribution in [0.2, 0.25) is 0 Å².